The first kappa shape index (κ1) is 19.8. The van der Waals surface area contributed by atoms with Gasteiger partial charge in [-0.3, -0.25) is 9.59 Å². The van der Waals surface area contributed by atoms with Gasteiger partial charge < -0.3 is 9.88 Å². The first-order valence-electron chi connectivity index (χ1n) is 9.61. The molecule has 0 radical (unpaired) electrons. The zero-order chi connectivity index (χ0) is 20.3. The molecule has 28 heavy (non-hydrogen) atoms. The van der Waals surface area contributed by atoms with Crippen LogP contribution in [-0.4, -0.2) is 27.8 Å². The van der Waals surface area contributed by atoms with Crippen LogP contribution in [0.2, 0.25) is 0 Å². The minimum atomic E-state index is -0.562. The number of aromatic nitrogens is 2. The smallest absolute Gasteiger partial charge is 0.292 e. The van der Waals surface area contributed by atoms with Gasteiger partial charge in [-0.05, 0) is 29.5 Å². The number of rotatable bonds is 6. The number of nitrogens with zero attached hydrogens (tertiary/aromatic N) is 2. The molecule has 1 aromatic heterocycles. The Morgan fingerprint density at radius 2 is 1.71 bits per heavy atom. The Balaban J connectivity index is 1.52. The standard InChI is InChI=1S/C23H27N3O2/c1-23(2,3)17-13-11-16(12-14-17)21(27)22(28)24-15-7-10-20-25-18-8-5-6-9-19(18)26(20)4/h5-6,8-9,11-14H,7,10,15H2,1-4H3,(H,24,28). The van der Waals surface area contributed by atoms with Crippen molar-refractivity contribution in [1.82, 2.24) is 14.9 Å². The summed E-state index contributed by atoms with van der Waals surface area (Å²) in [6.45, 7) is 6.78. The summed E-state index contributed by atoms with van der Waals surface area (Å²) in [4.78, 5) is 29.1. The summed E-state index contributed by atoms with van der Waals surface area (Å²) in [6.07, 6.45) is 1.46. The van der Waals surface area contributed by atoms with E-state index in [-0.39, 0.29) is 5.41 Å². The van der Waals surface area contributed by atoms with Crippen LogP contribution in [0.15, 0.2) is 48.5 Å². The highest BCUT2D eigenvalue weighted by Gasteiger charge is 2.18. The third-order valence-electron chi connectivity index (χ3n) is 4.96. The van der Waals surface area contributed by atoms with E-state index >= 15 is 0 Å². The molecule has 0 fully saturated rings. The number of Topliss-reactive ketones (excluding diaryl/α,β-unsaturated/α-hetero) is 1. The lowest BCUT2D eigenvalue weighted by molar-refractivity contribution is -0.117. The molecule has 1 heterocycles. The van der Waals surface area contributed by atoms with Crippen LogP contribution >= 0.6 is 0 Å². The first-order chi connectivity index (χ1) is 13.3. The van der Waals surface area contributed by atoms with Gasteiger partial charge in [-0.25, -0.2) is 4.98 Å². The van der Waals surface area contributed by atoms with Crippen molar-refractivity contribution >= 4 is 22.7 Å². The maximum absolute atomic E-state index is 12.3. The quantitative estimate of drug-likeness (QED) is 0.404. The summed E-state index contributed by atoms with van der Waals surface area (Å²) in [6, 6.07) is 15.3. The molecule has 0 spiro atoms. The van der Waals surface area contributed by atoms with Gasteiger partial charge in [0.1, 0.15) is 5.82 Å². The van der Waals surface area contributed by atoms with Gasteiger partial charge in [0, 0.05) is 25.6 Å². The zero-order valence-electron chi connectivity index (χ0n) is 17.0. The summed E-state index contributed by atoms with van der Waals surface area (Å²) < 4.78 is 2.07. The van der Waals surface area contributed by atoms with Gasteiger partial charge in [-0.2, -0.15) is 0 Å². The van der Waals surface area contributed by atoms with Crippen molar-refractivity contribution in [2.75, 3.05) is 6.54 Å². The van der Waals surface area contributed by atoms with Crippen LogP contribution in [0.5, 0.6) is 0 Å². The second-order valence-electron chi connectivity index (χ2n) is 8.09. The van der Waals surface area contributed by atoms with Gasteiger partial charge in [0.2, 0.25) is 5.78 Å². The Morgan fingerprint density at radius 1 is 1.04 bits per heavy atom. The van der Waals surface area contributed by atoms with Crippen LogP contribution in [0.4, 0.5) is 0 Å². The molecule has 0 aliphatic rings. The number of nitrogens with one attached hydrogen (secondary N) is 1. The molecule has 0 saturated heterocycles. The number of hydrogen-bond donors (Lipinski definition) is 1. The Labute approximate surface area is 165 Å². The molecule has 3 rings (SSSR count). The number of fused-ring (bicyclic) bond motifs is 1. The lowest BCUT2D eigenvalue weighted by Gasteiger charge is -2.18. The van der Waals surface area contributed by atoms with E-state index in [1.54, 1.807) is 12.1 Å². The molecule has 0 saturated carbocycles. The monoisotopic (exact) mass is 377 g/mol. The summed E-state index contributed by atoms with van der Waals surface area (Å²) >= 11 is 0. The Bertz CT molecular complexity index is 995. The highest BCUT2D eigenvalue weighted by molar-refractivity contribution is 6.42. The van der Waals surface area contributed by atoms with Crippen molar-refractivity contribution in [2.45, 2.75) is 39.0 Å². The van der Waals surface area contributed by atoms with Crippen LogP contribution in [0, 0.1) is 0 Å². The van der Waals surface area contributed by atoms with Gasteiger partial charge in [0.25, 0.3) is 5.91 Å². The second-order valence-corrected chi connectivity index (χ2v) is 8.09. The number of carbonyl (C=O) groups is 2. The minimum Gasteiger partial charge on any atom is -0.349 e. The first-order valence-corrected chi connectivity index (χ1v) is 9.61. The summed E-state index contributed by atoms with van der Waals surface area (Å²) in [5.74, 6) is -0.0868. The molecule has 0 aliphatic carbocycles. The predicted molar refractivity (Wildman–Crippen MR) is 112 cm³/mol. The van der Waals surface area contributed by atoms with Crippen molar-refractivity contribution in [3.05, 3.63) is 65.5 Å². The van der Waals surface area contributed by atoms with E-state index in [9.17, 15) is 9.59 Å². The number of ketones is 1. The van der Waals surface area contributed by atoms with E-state index < -0.39 is 11.7 Å². The SMILES string of the molecule is Cn1c(CCCNC(=O)C(=O)c2ccc(C(C)(C)C)cc2)nc2ccccc21. The molecular weight excluding hydrogens is 350 g/mol. The largest absolute Gasteiger partial charge is 0.349 e. The number of para-hydroxylation sites is 2. The number of hydrogen-bond acceptors (Lipinski definition) is 3. The lowest BCUT2D eigenvalue weighted by Crippen LogP contribution is -2.32. The van der Waals surface area contributed by atoms with Crippen LogP contribution in [0.1, 0.15) is 48.9 Å². The maximum Gasteiger partial charge on any atom is 0.292 e. The fraction of sp³-hybridized carbons (Fsp3) is 0.348. The molecule has 3 aromatic rings. The number of carbonyl (C=O) groups excluding carboxylic acids is 2. The Kier molecular flexibility index (Phi) is 5.63. The fourth-order valence-corrected chi connectivity index (χ4v) is 3.20. The van der Waals surface area contributed by atoms with E-state index in [0.717, 1.165) is 35.3 Å². The number of benzene rings is 2. The molecular formula is C23H27N3O2. The molecule has 146 valence electrons. The number of imidazole rings is 1. The summed E-state index contributed by atoms with van der Waals surface area (Å²) in [5.41, 5.74) is 3.63. The van der Waals surface area contributed by atoms with Gasteiger partial charge in [-0.1, -0.05) is 57.2 Å². The van der Waals surface area contributed by atoms with Crippen molar-refractivity contribution in [1.29, 1.82) is 0 Å². The van der Waals surface area contributed by atoms with Crippen molar-refractivity contribution in [3.8, 4) is 0 Å². The van der Waals surface area contributed by atoms with E-state index in [2.05, 4.69) is 35.6 Å². The van der Waals surface area contributed by atoms with Crippen LogP contribution in [0.25, 0.3) is 11.0 Å². The molecule has 2 aromatic carbocycles. The fourth-order valence-electron chi connectivity index (χ4n) is 3.20. The maximum atomic E-state index is 12.3. The molecule has 0 atom stereocenters. The average molecular weight is 377 g/mol. The van der Waals surface area contributed by atoms with Crippen molar-refractivity contribution in [3.63, 3.8) is 0 Å². The third-order valence-corrected chi connectivity index (χ3v) is 4.96. The number of aryl methyl sites for hydroxylation is 2. The average Bonchev–Trinajstić information content (AvgIpc) is 3.00. The molecule has 0 unspecified atom stereocenters. The predicted octanol–water partition coefficient (Wildman–Crippen LogP) is 3.80. The highest BCUT2D eigenvalue weighted by atomic mass is 16.2. The van der Waals surface area contributed by atoms with Gasteiger partial charge in [0.15, 0.2) is 0 Å². The van der Waals surface area contributed by atoms with Gasteiger partial charge in [0.05, 0.1) is 11.0 Å². The number of amides is 1. The third kappa shape index (κ3) is 4.30. The molecule has 1 amide bonds. The lowest BCUT2D eigenvalue weighted by atomic mass is 9.86. The van der Waals surface area contributed by atoms with Crippen LogP contribution in [0.3, 0.4) is 0 Å². The molecule has 0 aliphatic heterocycles. The summed E-state index contributed by atoms with van der Waals surface area (Å²) in [7, 11) is 1.99. The molecule has 5 nitrogen and oxygen atoms in total. The van der Waals surface area contributed by atoms with Crippen molar-refractivity contribution in [2.24, 2.45) is 7.05 Å². The topological polar surface area (TPSA) is 64.0 Å². The van der Waals surface area contributed by atoms with Crippen molar-refractivity contribution < 1.29 is 9.59 Å². The molecule has 1 N–H and O–H groups in total. The minimum absolute atomic E-state index is 0.0135. The van der Waals surface area contributed by atoms with E-state index in [1.807, 2.05) is 43.4 Å². The normalized spacial score (nSPS) is 11.6. The molecule has 0 bridgehead atoms. The van der Waals surface area contributed by atoms with Crippen LogP contribution < -0.4 is 5.32 Å². The van der Waals surface area contributed by atoms with E-state index in [1.165, 1.54) is 0 Å². The summed E-state index contributed by atoms with van der Waals surface area (Å²) in [5, 5.41) is 2.72. The Hall–Kier alpha value is -2.95. The zero-order valence-corrected chi connectivity index (χ0v) is 17.0. The van der Waals surface area contributed by atoms with Gasteiger partial charge >= 0.3 is 0 Å². The van der Waals surface area contributed by atoms with E-state index in [0.29, 0.717) is 12.1 Å². The Morgan fingerprint density at radius 3 is 2.36 bits per heavy atom. The van der Waals surface area contributed by atoms with Crippen LogP contribution in [-0.2, 0) is 23.7 Å². The highest BCUT2D eigenvalue weighted by Crippen LogP contribution is 2.22. The molecule has 5 heteroatoms. The second kappa shape index (κ2) is 7.97. The van der Waals surface area contributed by atoms with E-state index in [4.69, 9.17) is 0 Å². The van der Waals surface area contributed by atoms with Gasteiger partial charge in [-0.15, -0.1) is 0 Å².